The van der Waals surface area contributed by atoms with Gasteiger partial charge in [-0.05, 0) is 18.8 Å². The van der Waals surface area contributed by atoms with Crippen molar-refractivity contribution in [1.82, 2.24) is 4.72 Å². The van der Waals surface area contributed by atoms with E-state index < -0.39 is 37.4 Å². The van der Waals surface area contributed by atoms with E-state index in [9.17, 15) is 16.8 Å². The van der Waals surface area contributed by atoms with Gasteiger partial charge in [0.15, 0.2) is 0 Å². The van der Waals surface area contributed by atoms with Crippen molar-refractivity contribution in [2.45, 2.75) is 18.9 Å². The molecule has 1 atom stereocenters. The van der Waals surface area contributed by atoms with E-state index >= 15 is 0 Å². The van der Waals surface area contributed by atoms with Crippen molar-refractivity contribution in [2.75, 3.05) is 17.8 Å². The van der Waals surface area contributed by atoms with Gasteiger partial charge in [0.25, 0.3) is 0 Å². The van der Waals surface area contributed by atoms with Crippen molar-refractivity contribution in [3.8, 4) is 6.07 Å². The zero-order chi connectivity index (χ0) is 12.4. The van der Waals surface area contributed by atoms with E-state index in [1.807, 2.05) is 6.07 Å². The molecule has 0 heterocycles. The van der Waals surface area contributed by atoms with Crippen molar-refractivity contribution < 1.29 is 16.8 Å². The van der Waals surface area contributed by atoms with Crippen molar-refractivity contribution in [3.63, 3.8) is 0 Å². The van der Waals surface area contributed by atoms with Crippen LogP contribution in [0.5, 0.6) is 0 Å². The van der Waals surface area contributed by atoms with Crippen LogP contribution in [0.2, 0.25) is 0 Å². The Balaban J connectivity index is 2.54. The smallest absolute Gasteiger partial charge is 0.213 e. The fourth-order valence-electron chi connectivity index (χ4n) is 1.17. The number of hydrogen-bond donors (Lipinski definition) is 1. The van der Waals surface area contributed by atoms with E-state index in [2.05, 4.69) is 4.72 Å². The van der Waals surface area contributed by atoms with Gasteiger partial charge in [0.05, 0.1) is 17.6 Å². The maximum atomic E-state index is 11.5. The van der Waals surface area contributed by atoms with Crippen LogP contribution in [0, 0.1) is 17.2 Å². The molecule has 1 N–H and O–H groups in total. The molecule has 16 heavy (non-hydrogen) atoms. The fourth-order valence-corrected chi connectivity index (χ4v) is 4.01. The minimum atomic E-state index is -3.68. The molecule has 0 aromatic heterocycles. The van der Waals surface area contributed by atoms with Gasteiger partial charge in [-0.1, -0.05) is 0 Å². The largest absolute Gasteiger partial charge is 0.229 e. The molecule has 0 aromatic carbocycles. The van der Waals surface area contributed by atoms with E-state index in [1.54, 1.807) is 0 Å². The first-order valence-electron chi connectivity index (χ1n) is 4.81. The van der Waals surface area contributed by atoms with Gasteiger partial charge in [0.1, 0.15) is 15.9 Å². The quantitative estimate of drug-likeness (QED) is 0.681. The molecule has 0 spiro atoms. The van der Waals surface area contributed by atoms with E-state index in [1.165, 1.54) is 0 Å². The molecular formula is C8H14N2O4S2. The summed E-state index contributed by atoms with van der Waals surface area (Å²) in [5.74, 6) is -0.833. The van der Waals surface area contributed by atoms with Crippen molar-refractivity contribution in [3.05, 3.63) is 0 Å². The molecule has 1 rings (SSSR count). The van der Waals surface area contributed by atoms with Crippen LogP contribution in [0.3, 0.4) is 0 Å². The second kappa shape index (κ2) is 4.69. The molecule has 1 unspecified atom stereocenters. The predicted octanol–water partition coefficient (Wildman–Crippen LogP) is -0.747. The minimum Gasteiger partial charge on any atom is -0.229 e. The van der Waals surface area contributed by atoms with Crippen LogP contribution in [-0.2, 0) is 19.9 Å². The Labute approximate surface area is 95.6 Å². The van der Waals surface area contributed by atoms with Gasteiger partial charge in [-0.25, -0.2) is 16.8 Å². The lowest BCUT2D eigenvalue weighted by Crippen LogP contribution is -2.38. The van der Waals surface area contributed by atoms with Crippen LogP contribution in [0.4, 0.5) is 0 Å². The Hall–Kier alpha value is -0.650. The second-order valence-corrected chi connectivity index (χ2v) is 8.14. The van der Waals surface area contributed by atoms with Crippen molar-refractivity contribution in [1.29, 1.82) is 5.26 Å². The molecule has 1 aliphatic carbocycles. The summed E-state index contributed by atoms with van der Waals surface area (Å²) in [6.07, 6.45) is 2.66. The standard InChI is InChI=1S/C8H14N2O4S2/c1-15(11,12)4-5-16(13,14)10-8(6-9)7-2-3-7/h7-8,10H,2-5H2,1H3. The highest BCUT2D eigenvalue weighted by molar-refractivity contribution is 7.93. The third-order valence-electron chi connectivity index (χ3n) is 2.26. The van der Waals surface area contributed by atoms with Crippen LogP contribution >= 0.6 is 0 Å². The summed E-state index contributed by atoms with van der Waals surface area (Å²) >= 11 is 0. The topological polar surface area (TPSA) is 104 Å². The van der Waals surface area contributed by atoms with Crippen LogP contribution in [-0.4, -0.2) is 40.6 Å². The third-order valence-corrected chi connectivity index (χ3v) is 4.82. The van der Waals surface area contributed by atoms with Gasteiger partial charge in [-0.2, -0.15) is 9.98 Å². The maximum absolute atomic E-state index is 11.5. The molecule has 1 fully saturated rings. The number of rotatable bonds is 6. The Kier molecular flexibility index (Phi) is 3.93. The number of nitriles is 1. The Morgan fingerprint density at radius 3 is 2.25 bits per heavy atom. The molecule has 6 nitrogen and oxygen atoms in total. The molecule has 0 saturated heterocycles. The molecule has 0 aromatic rings. The summed E-state index contributed by atoms with van der Waals surface area (Å²) in [4.78, 5) is 0. The van der Waals surface area contributed by atoms with E-state index in [4.69, 9.17) is 5.26 Å². The van der Waals surface area contributed by atoms with Crippen molar-refractivity contribution in [2.24, 2.45) is 5.92 Å². The monoisotopic (exact) mass is 266 g/mol. The van der Waals surface area contributed by atoms with Gasteiger partial charge in [-0.15, -0.1) is 0 Å². The summed E-state index contributed by atoms with van der Waals surface area (Å²) in [5, 5.41) is 8.73. The van der Waals surface area contributed by atoms with Crippen LogP contribution in [0.15, 0.2) is 0 Å². The van der Waals surface area contributed by atoms with Crippen LogP contribution in [0.1, 0.15) is 12.8 Å². The molecule has 8 heteroatoms. The molecule has 92 valence electrons. The van der Waals surface area contributed by atoms with Gasteiger partial charge in [0.2, 0.25) is 10.0 Å². The van der Waals surface area contributed by atoms with Gasteiger partial charge in [0, 0.05) is 6.26 Å². The maximum Gasteiger partial charge on any atom is 0.213 e. The Bertz CT molecular complexity index is 485. The zero-order valence-corrected chi connectivity index (χ0v) is 10.5. The fraction of sp³-hybridized carbons (Fsp3) is 0.875. The highest BCUT2D eigenvalue weighted by Gasteiger charge is 2.34. The summed E-state index contributed by atoms with van der Waals surface area (Å²) in [5.41, 5.74) is 0. The zero-order valence-electron chi connectivity index (χ0n) is 8.88. The first-order valence-corrected chi connectivity index (χ1v) is 8.52. The van der Waals surface area contributed by atoms with E-state index in [0.29, 0.717) is 0 Å². The average Bonchev–Trinajstić information content (AvgIpc) is 2.93. The minimum absolute atomic E-state index is 0.0815. The average molecular weight is 266 g/mol. The number of sulfone groups is 1. The van der Waals surface area contributed by atoms with Gasteiger partial charge < -0.3 is 0 Å². The molecule has 0 radical (unpaired) electrons. The number of hydrogen-bond acceptors (Lipinski definition) is 5. The van der Waals surface area contributed by atoms with Crippen LogP contribution < -0.4 is 4.72 Å². The van der Waals surface area contributed by atoms with Gasteiger partial charge in [-0.3, -0.25) is 0 Å². The van der Waals surface area contributed by atoms with Gasteiger partial charge >= 0.3 is 0 Å². The normalized spacial score (nSPS) is 19.0. The van der Waals surface area contributed by atoms with E-state index in [0.717, 1.165) is 19.1 Å². The van der Waals surface area contributed by atoms with Crippen LogP contribution in [0.25, 0.3) is 0 Å². The number of nitrogens with one attached hydrogen (secondary N) is 1. The van der Waals surface area contributed by atoms with E-state index in [-0.39, 0.29) is 5.92 Å². The lowest BCUT2D eigenvalue weighted by Gasteiger charge is -2.10. The molecule has 0 aliphatic heterocycles. The highest BCUT2D eigenvalue weighted by atomic mass is 32.2. The summed E-state index contributed by atoms with van der Waals surface area (Å²) < 4.78 is 46.8. The Morgan fingerprint density at radius 1 is 1.31 bits per heavy atom. The SMILES string of the molecule is CS(=O)(=O)CCS(=O)(=O)NC(C#N)C1CC1. The summed E-state index contributed by atoms with van der Waals surface area (Å²) in [6.45, 7) is 0. The molecule has 0 bridgehead atoms. The lowest BCUT2D eigenvalue weighted by molar-refractivity contribution is 0.559. The predicted molar refractivity (Wildman–Crippen MR) is 58.8 cm³/mol. The second-order valence-electron chi connectivity index (χ2n) is 4.01. The molecule has 1 saturated carbocycles. The number of sulfonamides is 1. The molecule has 1 aliphatic rings. The first-order chi connectivity index (χ1) is 7.23. The molecular weight excluding hydrogens is 252 g/mol. The summed E-state index contributed by atoms with van der Waals surface area (Å²) in [7, 11) is -6.99. The number of nitrogens with zero attached hydrogens (tertiary/aromatic N) is 1. The highest BCUT2D eigenvalue weighted by Crippen LogP contribution is 2.32. The summed E-state index contributed by atoms with van der Waals surface area (Å²) in [6, 6.07) is 1.16. The first kappa shape index (κ1) is 13.4. The third kappa shape index (κ3) is 4.92. The van der Waals surface area contributed by atoms with Crippen molar-refractivity contribution >= 4 is 19.9 Å². The molecule has 0 amide bonds. The Morgan fingerprint density at radius 2 is 1.88 bits per heavy atom. The lowest BCUT2D eigenvalue weighted by atomic mass is 10.2.